The summed E-state index contributed by atoms with van der Waals surface area (Å²) < 4.78 is 42.4. The third-order valence-electron chi connectivity index (χ3n) is 6.75. The van der Waals surface area contributed by atoms with Gasteiger partial charge in [0.1, 0.15) is 27.7 Å². The summed E-state index contributed by atoms with van der Waals surface area (Å²) in [5, 5.41) is 16.7. The summed E-state index contributed by atoms with van der Waals surface area (Å²) in [7, 11) is 0. The Morgan fingerprint density at radius 3 is 2.52 bits per heavy atom. The Morgan fingerprint density at radius 1 is 1.00 bits per heavy atom. The van der Waals surface area contributed by atoms with Gasteiger partial charge in [0.2, 0.25) is 5.95 Å². The molecule has 7 nitrogen and oxygen atoms in total. The Morgan fingerprint density at radius 2 is 1.75 bits per heavy atom. The SMILES string of the molecule is CC1(C)CN(c2ccccc2NC(=O)Nc2nc3ccc(F)nc3s2)c2c(O)cc(F)c(-c3ccc(F)cc3)c21. The van der Waals surface area contributed by atoms with E-state index in [0.29, 0.717) is 45.1 Å². The van der Waals surface area contributed by atoms with Crippen LogP contribution in [0.5, 0.6) is 5.75 Å². The number of amides is 2. The van der Waals surface area contributed by atoms with Crippen molar-refractivity contribution < 1.29 is 23.1 Å². The minimum Gasteiger partial charge on any atom is -0.506 e. The summed E-state index contributed by atoms with van der Waals surface area (Å²) in [5.41, 5.74) is 2.58. The number of fused-ring (bicyclic) bond motifs is 2. The fraction of sp³-hybridized carbons (Fsp3) is 0.138. The molecule has 0 atom stereocenters. The van der Waals surface area contributed by atoms with Gasteiger partial charge in [0.25, 0.3) is 0 Å². The van der Waals surface area contributed by atoms with Crippen molar-refractivity contribution in [1.82, 2.24) is 9.97 Å². The summed E-state index contributed by atoms with van der Waals surface area (Å²) in [5.74, 6) is -1.94. The molecule has 0 radical (unpaired) electrons. The molecule has 1 aliphatic rings. The summed E-state index contributed by atoms with van der Waals surface area (Å²) in [6.07, 6.45) is 0. The number of phenolic OH excluding ortho intramolecular Hbond substituents is 1. The van der Waals surface area contributed by atoms with Gasteiger partial charge >= 0.3 is 6.03 Å². The van der Waals surface area contributed by atoms with Crippen LogP contribution >= 0.6 is 11.3 Å². The second kappa shape index (κ2) is 9.53. The van der Waals surface area contributed by atoms with Crippen LogP contribution < -0.4 is 15.5 Å². The van der Waals surface area contributed by atoms with E-state index in [1.807, 2.05) is 18.7 Å². The number of nitrogens with zero attached hydrogens (tertiary/aromatic N) is 3. The van der Waals surface area contributed by atoms with E-state index in [9.17, 15) is 18.7 Å². The van der Waals surface area contributed by atoms with E-state index in [2.05, 4.69) is 20.6 Å². The molecule has 3 N–H and O–H groups in total. The van der Waals surface area contributed by atoms with Crippen LogP contribution in [0.15, 0.2) is 66.7 Å². The van der Waals surface area contributed by atoms with Gasteiger partial charge in [-0.1, -0.05) is 49.4 Å². The largest absolute Gasteiger partial charge is 0.506 e. The Balaban J connectivity index is 1.36. The zero-order valence-electron chi connectivity index (χ0n) is 21.3. The lowest BCUT2D eigenvalue weighted by atomic mass is 9.81. The number of urea groups is 1. The van der Waals surface area contributed by atoms with Crippen molar-refractivity contribution in [3.63, 3.8) is 0 Å². The number of phenols is 1. The summed E-state index contributed by atoms with van der Waals surface area (Å²) in [6, 6.07) is 15.7. The Bertz CT molecular complexity index is 1790. The van der Waals surface area contributed by atoms with E-state index in [1.54, 1.807) is 24.3 Å². The van der Waals surface area contributed by atoms with Crippen molar-refractivity contribution in [2.45, 2.75) is 19.3 Å². The summed E-state index contributed by atoms with van der Waals surface area (Å²) in [6.45, 7) is 4.23. The van der Waals surface area contributed by atoms with Crippen LogP contribution in [0.4, 0.5) is 40.2 Å². The number of para-hydroxylation sites is 2. The first-order valence-corrected chi connectivity index (χ1v) is 13.1. The number of halogens is 3. The monoisotopic (exact) mass is 561 g/mol. The first-order valence-electron chi connectivity index (χ1n) is 12.3. The molecule has 2 aromatic heterocycles. The van der Waals surface area contributed by atoms with Gasteiger partial charge in [-0.3, -0.25) is 5.32 Å². The van der Waals surface area contributed by atoms with Gasteiger partial charge in [-0.15, -0.1) is 0 Å². The molecule has 5 aromatic rings. The highest BCUT2D eigenvalue weighted by molar-refractivity contribution is 7.21. The molecule has 6 rings (SSSR count). The van der Waals surface area contributed by atoms with Crippen molar-refractivity contribution in [3.05, 3.63) is 89.9 Å². The number of carbonyl (C=O) groups is 1. The lowest BCUT2D eigenvalue weighted by Crippen LogP contribution is -2.27. The number of carbonyl (C=O) groups excluding carboxylic acids is 1. The van der Waals surface area contributed by atoms with Gasteiger partial charge in [-0.05, 0) is 47.5 Å². The van der Waals surface area contributed by atoms with E-state index >= 15 is 4.39 Å². The van der Waals surface area contributed by atoms with Crippen molar-refractivity contribution in [2.24, 2.45) is 0 Å². The van der Waals surface area contributed by atoms with Crippen LogP contribution in [0.25, 0.3) is 21.5 Å². The van der Waals surface area contributed by atoms with Crippen LogP contribution in [-0.2, 0) is 5.41 Å². The zero-order chi connectivity index (χ0) is 28.2. The molecule has 3 aromatic carbocycles. The molecule has 0 spiro atoms. The molecule has 0 saturated heterocycles. The number of nitrogens with one attached hydrogen (secondary N) is 2. The normalized spacial score (nSPS) is 13.9. The second-order valence-electron chi connectivity index (χ2n) is 10.0. The van der Waals surface area contributed by atoms with Crippen molar-refractivity contribution in [2.75, 3.05) is 22.1 Å². The highest BCUT2D eigenvalue weighted by atomic mass is 32.1. The first-order chi connectivity index (χ1) is 19.1. The number of aromatic hydroxyl groups is 1. The minimum atomic E-state index is -0.638. The number of rotatable bonds is 4. The van der Waals surface area contributed by atoms with Crippen molar-refractivity contribution in [1.29, 1.82) is 0 Å². The van der Waals surface area contributed by atoms with Crippen LogP contribution in [0.1, 0.15) is 19.4 Å². The van der Waals surface area contributed by atoms with Gasteiger partial charge in [-0.2, -0.15) is 4.39 Å². The average Bonchev–Trinajstić information content (AvgIpc) is 3.42. The topological polar surface area (TPSA) is 90.4 Å². The number of thiazole rings is 1. The maximum absolute atomic E-state index is 15.4. The van der Waals surface area contributed by atoms with Crippen molar-refractivity contribution >= 4 is 49.9 Å². The zero-order valence-corrected chi connectivity index (χ0v) is 22.1. The second-order valence-corrected chi connectivity index (χ2v) is 11.0. The quantitative estimate of drug-likeness (QED) is 0.197. The lowest BCUT2D eigenvalue weighted by molar-refractivity contribution is 0.262. The third kappa shape index (κ3) is 4.47. The molecule has 0 fully saturated rings. The number of benzene rings is 3. The van der Waals surface area contributed by atoms with Gasteiger partial charge in [0, 0.05) is 23.6 Å². The van der Waals surface area contributed by atoms with E-state index < -0.39 is 29.0 Å². The molecule has 0 unspecified atom stereocenters. The third-order valence-corrected chi connectivity index (χ3v) is 7.63. The molecular weight excluding hydrogens is 539 g/mol. The number of aromatic nitrogens is 2. The molecule has 11 heteroatoms. The van der Waals surface area contributed by atoms with Gasteiger partial charge in [-0.25, -0.2) is 23.5 Å². The first kappa shape index (κ1) is 25.6. The molecular formula is C29H22F3N5O2S. The standard InChI is InChI=1S/C29H22F3N5O2S/c1-29(2)14-37(25-21(38)13-17(31)23(24(25)29)15-7-9-16(30)10-8-15)20-6-4-3-5-18(20)33-27(39)36-28-34-19-11-12-22(32)35-26(19)40-28/h3-13,38H,14H2,1-2H3,(H2,33,34,36,39). The molecule has 0 bridgehead atoms. The van der Waals surface area contributed by atoms with E-state index in [4.69, 9.17) is 0 Å². The van der Waals surface area contributed by atoms with E-state index in [0.717, 1.165) is 17.4 Å². The maximum atomic E-state index is 15.4. The fourth-order valence-corrected chi connectivity index (χ4v) is 5.95. The molecule has 1 aliphatic heterocycles. The minimum absolute atomic E-state index is 0.243. The number of hydrogen-bond acceptors (Lipinski definition) is 6. The van der Waals surface area contributed by atoms with Crippen LogP contribution in [0.3, 0.4) is 0 Å². The van der Waals surface area contributed by atoms with E-state index in [1.165, 1.54) is 36.4 Å². The smallest absolute Gasteiger partial charge is 0.325 e. The Kier molecular flexibility index (Phi) is 6.10. The summed E-state index contributed by atoms with van der Waals surface area (Å²) in [4.78, 5) is 23.2. The number of anilines is 4. The van der Waals surface area contributed by atoms with Crippen LogP contribution in [0.2, 0.25) is 0 Å². The molecule has 3 heterocycles. The van der Waals surface area contributed by atoms with E-state index in [-0.39, 0.29) is 16.4 Å². The highest BCUT2D eigenvalue weighted by Crippen LogP contribution is 2.54. The predicted octanol–water partition coefficient (Wildman–Crippen LogP) is 7.55. The Labute approximate surface area is 230 Å². The van der Waals surface area contributed by atoms with Gasteiger partial charge in [0.15, 0.2) is 5.13 Å². The van der Waals surface area contributed by atoms with Crippen LogP contribution in [-0.4, -0.2) is 27.7 Å². The molecule has 2 amide bonds. The molecule has 0 saturated carbocycles. The molecule has 202 valence electrons. The van der Waals surface area contributed by atoms with Crippen molar-refractivity contribution in [3.8, 4) is 16.9 Å². The van der Waals surface area contributed by atoms with Crippen LogP contribution in [0, 0.1) is 17.6 Å². The number of pyridine rings is 1. The average molecular weight is 562 g/mol. The molecule has 0 aliphatic carbocycles. The highest BCUT2D eigenvalue weighted by Gasteiger charge is 2.42. The lowest BCUT2D eigenvalue weighted by Gasteiger charge is -2.25. The molecule has 40 heavy (non-hydrogen) atoms. The van der Waals surface area contributed by atoms with Gasteiger partial charge < -0.3 is 15.3 Å². The maximum Gasteiger partial charge on any atom is 0.325 e. The number of hydrogen-bond donors (Lipinski definition) is 3. The predicted molar refractivity (Wildman–Crippen MR) is 150 cm³/mol. The summed E-state index contributed by atoms with van der Waals surface area (Å²) >= 11 is 1.04. The van der Waals surface area contributed by atoms with Gasteiger partial charge in [0.05, 0.1) is 17.1 Å². The fourth-order valence-electron chi connectivity index (χ4n) is 5.13. The Hall–Kier alpha value is -4.64.